The molecule has 100 valence electrons. The van der Waals surface area contributed by atoms with E-state index >= 15 is 0 Å². The monoisotopic (exact) mass is 241 g/mol. The van der Waals surface area contributed by atoms with Crippen LogP contribution in [0.2, 0.25) is 0 Å². The van der Waals surface area contributed by atoms with Gasteiger partial charge in [0.15, 0.2) is 0 Å². The lowest BCUT2D eigenvalue weighted by molar-refractivity contribution is -0.0744. The third-order valence-corrected chi connectivity index (χ3v) is 4.80. The van der Waals surface area contributed by atoms with Gasteiger partial charge in [0.25, 0.3) is 0 Å². The van der Waals surface area contributed by atoms with E-state index in [-0.39, 0.29) is 11.5 Å². The van der Waals surface area contributed by atoms with Crippen LogP contribution < -0.4 is 5.32 Å². The largest absolute Gasteiger partial charge is 0.392 e. The number of likely N-dealkylation sites (N-methyl/N-ethyl adjacent to an activating group) is 2. The molecule has 0 aromatic heterocycles. The van der Waals surface area contributed by atoms with Gasteiger partial charge in [-0.25, -0.2) is 0 Å². The number of nitrogens with zero attached hydrogens (tertiary/aromatic N) is 2. The minimum absolute atomic E-state index is 0.0408. The van der Waals surface area contributed by atoms with Gasteiger partial charge in [0.2, 0.25) is 0 Å². The molecule has 2 rings (SSSR count). The normalized spacial score (nSPS) is 39.0. The van der Waals surface area contributed by atoms with E-state index in [1.54, 1.807) is 0 Å². The first-order chi connectivity index (χ1) is 7.91. The second-order valence-electron chi connectivity index (χ2n) is 6.43. The van der Waals surface area contributed by atoms with Crippen molar-refractivity contribution in [2.75, 3.05) is 40.3 Å². The van der Waals surface area contributed by atoms with Crippen LogP contribution in [0.25, 0.3) is 0 Å². The van der Waals surface area contributed by atoms with Crippen LogP contribution in [0.5, 0.6) is 0 Å². The molecule has 2 aliphatic rings. The zero-order valence-corrected chi connectivity index (χ0v) is 11.6. The Hall–Kier alpha value is -0.160. The lowest BCUT2D eigenvalue weighted by Gasteiger charge is -2.50. The summed E-state index contributed by atoms with van der Waals surface area (Å²) in [6.07, 6.45) is 0.769. The molecule has 17 heavy (non-hydrogen) atoms. The summed E-state index contributed by atoms with van der Waals surface area (Å²) < 4.78 is 0. The molecular weight excluding hydrogens is 214 g/mol. The van der Waals surface area contributed by atoms with Gasteiger partial charge in [0.05, 0.1) is 6.10 Å². The van der Waals surface area contributed by atoms with E-state index in [0.717, 1.165) is 26.1 Å². The smallest absolute Gasteiger partial charge is 0.0621 e. The fourth-order valence-electron chi connectivity index (χ4n) is 2.85. The van der Waals surface area contributed by atoms with Crippen molar-refractivity contribution in [2.45, 2.75) is 38.5 Å². The zero-order valence-electron chi connectivity index (χ0n) is 11.6. The molecule has 0 aromatic rings. The van der Waals surface area contributed by atoms with Crippen molar-refractivity contribution in [3.8, 4) is 0 Å². The standard InChI is InChI=1S/C13H27N3O/c1-13(2)11(7-12(13)17)14-8-10-9-15(3)5-6-16(10)4/h10-12,14,17H,5-9H2,1-4H3. The quantitative estimate of drug-likeness (QED) is 0.728. The molecule has 2 N–H and O–H groups in total. The summed E-state index contributed by atoms with van der Waals surface area (Å²) in [5.74, 6) is 0. The number of nitrogens with one attached hydrogen (secondary N) is 1. The van der Waals surface area contributed by atoms with Gasteiger partial charge in [-0.05, 0) is 20.5 Å². The number of piperazine rings is 1. The average Bonchev–Trinajstić information content (AvgIpc) is 2.28. The number of aliphatic hydroxyl groups excluding tert-OH is 1. The minimum Gasteiger partial charge on any atom is -0.392 e. The van der Waals surface area contributed by atoms with Gasteiger partial charge in [0.1, 0.15) is 0 Å². The molecule has 0 aromatic carbocycles. The number of hydrogen-bond donors (Lipinski definition) is 2. The minimum atomic E-state index is -0.133. The van der Waals surface area contributed by atoms with Gasteiger partial charge in [-0.3, -0.25) is 4.90 Å². The number of hydrogen-bond acceptors (Lipinski definition) is 4. The fraction of sp³-hybridized carbons (Fsp3) is 1.00. The Balaban J connectivity index is 1.78. The van der Waals surface area contributed by atoms with Crippen molar-refractivity contribution in [3.05, 3.63) is 0 Å². The molecule has 3 unspecified atom stereocenters. The molecule has 1 heterocycles. The second kappa shape index (κ2) is 4.84. The molecule has 1 aliphatic heterocycles. The maximum Gasteiger partial charge on any atom is 0.0621 e. The van der Waals surface area contributed by atoms with Crippen LogP contribution in [0, 0.1) is 5.41 Å². The van der Waals surface area contributed by atoms with Crippen LogP contribution in [0.3, 0.4) is 0 Å². The van der Waals surface area contributed by atoms with Gasteiger partial charge >= 0.3 is 0 Å². The van der Waals surface area contributed by atoms with Crippen molar-refractivity contribution in [3.63, 3.8) is 0 Å². The van der Waals surface area contributed by atoms with E-state index in [2.05, 4.69) is 43.1 Å². The summed E-state index contributed by atoms with van der Waals surface area (Å²) in [6, 6.07) is 1.07. The van der Waals surface area contributed by atoms with Crippen molar-refractivity contribution in [1.82, 2.24) is 15.1 Å². The van der Waals surface area contributed by atoms with Crippen LogP contribution >= 0.6 is 0 Å². The molecule has 2 fully saturated rings. The third kappa shape index (κ3) is 2.65. The van der Waals surface area contributed by atoms with Gasteiger partial charge in [-0.2, -0.15) is 0 Å². The molecule has 1 saturated heterocycles. The highest BCUT2D eigenvalue weighted by Crippen LogP contribution is 2.40. The average molecular weight is 241 g/mol. The molecule has 0 amide bonds. The molecule has 4 heteroatoms. The Labute approximate surface area is 105 Å². The first kappa shape index (κ1) is 13.3. The first-order valence-corrected chi connectivity index (χ1v) is 6.71. The summed E-state index contributed by atoms with van der Waals surface area (Å²) in [5.41, 5.74) is 0.0408. The van der Waals surface area contributed by atoms with Gasteiger partial charge in [-0.1, -0.05) is 13.8 Å². The van der Waals surface area contributed by atoms with E-state index in [0.29, 0.717) is 12.1 Å². The molecule has 4 nitrogen and oxygen atoms in total. The predicted molar refractivity (Wildman–Crippen MR) is 70.1 cm³/mol. The Kier molecular flexibility index (Phi) is 3.78. The highest BCUT2D eigenvalue weighted by molar-refractivity contribution is 5.02. The van der Waals surface area contributed by atoms with Gasteiger partial charge in [0, 0.05) is 43.7 Å². The van der Waals surface area contributed by atoms with Crippen molar-refractivity contribution >= 4 is 0 Å². The van der Waals surface area contributed by atoms with E-state index in [4.69, 9.17) is 0 Å². The van der Waals surface area contributed by atoms with E-state index < -0.39 is 0 Å². The van der Waals surface area contributed by atoms with Crippen LogP contribution in [0.4, 0.5) is 0 Å². The Morgan fingerprint density at radius 1 is 1.29 bits per heavy atom. The fourth-order valence-corrected chi connectivity index (χ4v) is 2.85. The lowest BCUT2D eigenvalue weighted by atomic mass is 9.64. The Morgan fingerprint density at radius 3 is 2.59 bits per heavy atom. The molecule has 0 spiro atoms. The highest BCUT2D eigenvalue weighted by Gasteiger charge is 2.47. The second-order valence-corrected chi connectivity index (χ2v) is 6.43. The highest BCUT2D eigenvalue weighted by atomic mass is 16.3. The van der Waals surface area contributed by atoms with Gasteiger partial charge < -0.3 is 15.3 Å². The summed E-state index contributed by atoms with van der Waals surface area (Å²) >= 11 is 0. The van der Waals surface area contributed by atoms with E-state index in [1.165, 1.54) is 6.54 Å². The van der Waals surface area contributed by atoms with Crippen LogP contribution in [-0.2, 0) is 0 Å². The molecule has 0 bridgehead atoms. The SMILES string of the molecule is CN1CCN(C)C(CNC2CC(O)C2(C)C)C1. The summed E-state index contributed by atoms with van der Waals surface area (Å²) in [7, 11) is 4.40. The Bertz CT molecular complexity index is 269. The summed E-state index contributed by atoms with van der Waals surface area (Å²) in [4.78, 5) is 4.84. The van der Waals surface area contributed by atoms with E-state index in [1.807, 2.05) is 0 Å². The summed E-state index contributed by atoms with van der Waals surface area (Å²) in [5, 5.41) is 13.4. The summed E-state index contributed by atoms with van der Waals surface area (Å²) in [6.45, 7) is 8.78. The number of rotatable bonds is 3. The van der Waals surface area contributed by atoms with Crippen LogP contribution in [0.1, 0.15) is 20.3 Å². The third-order valence-electron chi connectivity index (χ3n) is 4.80. The zero-order chi connectivity index (χ0) is 12.6. The molecule has 1 aliphatic carbocycles. The van der Waals surface area contributed by atoms with Crippen LogP contribution in [-0.4, -0.2) is 73.4 Å². The lowest BCUT2D eigenvalue weighted by Crippen LogP contribution is -2.63. The number of aliphatic hydroxyl groups is 1. The molecule has 0 radical (unpaired) electrons. The topological polar surface area (TPSA) is 38.7 Å². The van der Waals surface area contributed by atoms with Crippen molar-refractivity contribution in [1.29, 1.82) is 0 Å². The van der Waals surface area contributed by atoms with Crippen molar-refractivity contribution < 1.29 is 5.11 Å². The van der Waals surface area contributed by atoms with Gasteiger partial charge in [-0.15, -0.1) is 0 Å². The first-order valence-electron chi connectivity index (χ1n) is 6.71. The van der Waals surface area contributed by atoms with E-state index in [9.17, 15) is 5.11 Å². The Morgan fingerprint density at radius 2 is 2.00 bits per heavy atom. The maximum absolute atomic E-state index is 9.72. The predicted octanol–water partition coefficient (Wildman–Crippen LogP) is -0.0188. The molecule has 1 saturated carbocycles. The van der Waals surface area contributed by atoms with Crippen LogP contribution in [0.15, 0.2) is 0 Å². The molecule has 3 atom stereocenters. The molecular formula is C13H27N3O. The van der Waals surface area contributed by atoms with Crippen molar-refractivity contribution in [2.24, 2.45) is 5.41 Å². The maximum atomic E-state index is 9.72.